The lowest BCUT2D eigenvalue weighted by molar-refractivity contribution is 0.166. The molecule has 0 unspecified atom stereocenters. The third kappa shape index (κ3) is 2.16. The van der Waals surface area contributed by atoms with Crippen LogP contribution in [0.2, 0.25) is 5.02 Å². The summed E-state index contributed by atoms with van der Waals surface area (Å²) in [6.07, 6.45) is 0. The van der Waals surface area contributed by atoms with Gasteiger partial charge in [0.15, 0.2) is 0 Å². The van der Waals surface area contributed by atoms with Gasteiger partial charge in [0.05, 0.1) is 4.47 Å². The molecule has 0 saturated heterocycles. The third-order valence-corrected chi connectivity index (χ3v) is 4.17. The zero-order valence-corrected chi connectivity index (χ0v) is 13.2. The van der Waals surface area contributed by atoms with E-state index in [1.807, 2.05) is 12.1 Å². The molecule has 0 radical (unpaired) electrons. The first kappa shape index (κ1) is 13.5. The highest BCUT2D eigenvalue weighted by atomic mass is 79.9. The molecular weight excluding hydrogens is 383 g/mol. The predicted octanol–water partition coefficient (Wildman–Crippen LogP) is 4.26. The second-order valence-electron chi connectivity index (χ2n) is 3.42. The Balaban J connectivity index is 2.71. The fraction of sp³-hybridized carbons (Fsp3) is 0.0833. The van der Waals surface area contributed by atoms with Crippen LogP contribution >= 0.6 is 43.5 Å². The maximum atomic E-state index is 9.12. The molecule has 0 aliphatic heterocycles. The summed E-state index contributed by atoms with van der Waals surface area (Å²) < 4.78 is 2.80. The van der Waals surface area contributed by atoms with Gasteiger partial charge in [-0.3, -0.25) is 0 Å². The molecule has 6 heteroatoms. The number of hydrogen-bond acceptors (Lipinski definition) is 2. The summed E-state index contributed by atoms with van der Waals surface area (Å²) in [5.41, 5.74) is 2.15. The van der Waals surface area contributed by atoms with E-state index in [4.69, 9.17) is 21.7 Å². The number of nitrogens with zero attached hydrogens (tertiary/aromatic N) is 2. The average Bonchev–Trinajstić information content (AvgIpc) is 2.61. The summed E-state index contributed by atoms with van der Waals surface area (Å²) in [6, 6.07) is 9.43. The first-order chi connectivity index (χ1) is 8.60. The molecule has 0 N–H and O–H groups in total. The van der Waals surface area contributed by atoms with E-state index in [0.717, 1.165) is 11.3 Å². The number of nitriles is 1. The first-order valence-electron chi connectivity index (χ1n) is 4.90. The Morgan fingerprint density at radius 2 is 1.89 bits per heavy atom. The highest BCUT2D eigenvalue weighted by Crippen LogP contribution is 2.37. The van der Waals surface area contributed by atoms with Crippen LogP contribution in [0, 0.1) is 11.3 Å². The van der Waals surface area contributed by atoms with Crippen molar-refractivity contribution >= 4 is 43.5 Å². The Kier molecular flexibility index (Phi) is 4.00. The molecule has 1 aromatic carbocycles. The van der Waals surface area contributed by atoms with E-state index in [9.17, 15) is 0 Å². The van der Waals surface area contributed by atoms with Gasteiger partial charge in [0.2, 0.25) is 0 Å². The van der Waals surface area contributed by atoms with Crippen LogP contribution in [0.15, 0.2) is 33.3 Å². The van der Waals surface area contributed by atoms with Gasteiger partial charge < -0.3 is 4.84 Å². The van der Waals surface area contributed by atoms with Gasteiger partial charge in [-0.2, -0.15) is 9.99 Å². The SMILES string of the molecule is COn1c(Br)c(C#N)c(Br)c1-c1ccc(Cl)cc1. The van der Waals surface area contributed by atoms with Crippen molar-refractivity contribution in [1.82, 2.24) is 4.73 Å². The van der Waals surface area contributed by atoms with Crippen molar-refractivity contribution in [3.05, 3.63) is 43.9 Å². The fourth-order valence-electron chi connectivity index (χ4n) is 1.62. The quantitative estimate of drug-likeness (QED) is 0.768. The highest BCUT2D eigenvalue weighted by Gasteiger charge is 2.21. The van der Waals surface area contributed by atoms with Crippen LogP contribution in [0.25, 0.3) is 11.3 Å². The minimum atomic E-state index is 0.488. The summed E-state index contributed by atoms with van der Waals surface area (Å²) in [6.45, 7) is 0. The first-order valence-corrected chi connectivity index (χ1v) is 6.86. The third-order valence-electron chi connectivity index (χ3n) is 2.43. The monoisotopic (exact) mass is 388 g/mol. The molecule has 1 heterocycles. The fourth-order valence-corrected chi connectivity index (χ4v) is 3.28. The summed E-state index contributed by atoms with van der Waals surface area (Å²) in [5, 5.41) is 9.78. The van der Waals surface area contributed by atoms with E-state index >= 15 is 0 Å². The van der Waals surface area contributed by atoms with Crippen molar-refractivity contribution < 1.29 is 4.84 Å². The van der Waals surface area contributed by atoms with Crippen LogP contribution in [0.1, 0.15) is 5.56 Å². The molecule has 18 heavy (non-hydrogen) atoms. The lowest BCUT2D eigenvalue weighted by Crippen LogP contribution is -2.07. The Bertz CT molecular complexity index is 629. The van der Waals surface area contributed by atoms with Gasteiger partial charge in [0.25, 0.3) is 0 Å². The molecule has 0 spiro atoms. The van der Waals surface area contributed by atoms with E-state index in [2.05, 4.69) is 37.9 Å². The van der Waals surface area contributed by atoms with E-state index in [0.29, 0.717) is 19.7 Å². The number of halogens is 3. The zero-order valence-electron chi connectivity index (χ0n) is 9.25. The maximum Gasteiger partial charge on any atom is 0.142 e. The minimum absolute atomic E-state index is 0.488. The Labute approximate surface area is 126 Å². The van der Waals surface area contributed by atoms with E-state index in [-0.39, 0.29) is 0 Å². The summed E-state index contributed by atoms with van der Waals surface area (Å²) in [5.74, 6) is 0. The molecule has 0 aliphatic rings. The van der Waals surface area contributed by atoms with Gasteiger partial charge in [-0.25, -0.2) is 0 Å². The average molecular weight is 390 g/mol. The lowest BCUT2D eigenvalue weighted by Gasteiger charge is -2.08. The molecule has 2 aromatic rings. The molecule has 1 aromatic heterocycles. The lowest BCUT2D eigenvalue weighted by atomic mass is 10.1. The van der Waals surface area contributed by atoms with Gasteiger partial charge >= 0.3 is 0 Å². The van der Waals surface area contributed by atoms with Crippen LogP contribution in [-0.2, 0) is 0 Å². The number of aromatic nitrogens is 1. The van der Waals surface area contributed by atoms with Crippen molar-refractivity contribution in [2.75, 3.05) is 7.11 Å². The second kappa shape index (κ2) is 5.35. The van der Waals surface area contributed by atoms with Gasteiger partial charge in [-0.1, -0.05) is 23.7 Å². The van der Waals surface area contributed by atoms with Gasteiger partial charge in [0, 0.05) is 10.6 Å². The second-order valence-corrected chi connectivity index (χ2v) is 5.40. The molecule has 92 valence electrons. The number of benzene rings is 1. The van der Waals surface area contributed by atoms with Crippen molar-refractivity contribution in [3.8, 4) is 17.3 Å². The largest absolute Gasteiger partial charge is 0.416 e. The molecular formula is C12H7Br2ClN2O. The normalized spacial score (nSPS) is 10.2. The maximum absolute atomic E-state index is 9.12. The van der Waals surface area contributed by atoms with Crippen LogP contribution in [0.5, 0.6) is 0 Å². The minimum Gasteiger partial charge on any atom is -0.416 e. The molecule has 0 fully saturated rings. The van der Waals surface area contributed by atoms with Gasteiger partial charge in [-0.05, 0) is 44.0 Å². The standard InChI is InChI=1S/C12H7Br2ClN2O/c1-18-17-11(7-2-4-8(15)5-3-7)10(13)9(6-16)12(17)14/h2-5H,1H3. The van der Waals surface area contributed by atoms with Crippen molar-refractivity contribution in [2.24, 2.45) is 0 Å². The summed E-state index contributed by atoms with van der Waals surface area (Å²) >= 11 is 12.6. The van der Waals surface area contributed by atoms with E-state index < -0.39 is 0 Å². The topological polar surface area (TPSA) is 38.0 Å². The van der Waals surface area contributed by atoms with Gasteiger partial charge in [0.1, 0.15) is 29.0 Å². The smallest absolute Gasteiger partial charge is 0.142 e. The molecule has 3 nitrogen and oxygen atoms in total. The predicted molar refractivity (Wildman–Crippen MR) is 77.5 cm³/mol. The summed E-state index contributed by atoms with van der Waals surface area (Å²) in [7, 11) is 1.54. The van der Waals surface area contributed by atoms with Crippen LogP contribution in [0.3, 0.4) is 0 Å². The Morgan fingerprint density at radius 1 is 1.28 bits per heavy atom. The number of hydrogen-bond donors (Lipinski definition) is 0. The zero-order chi connectivity index (χ0) is 13.3. The van der Waals surface area contributed by atoms with Crippen LogP contribution in [-0.4, -0.2) is 11.8 Å². The van der Waals surface area contributed by atoms with E-state index in [1.54, 1.807) is 16.9 Å². The van der Waals surface area contributed by atoms with Gasteiger partial charge in [-0.15, -0.1) is 0 Å². The van der Waals surface area contributed by atoms with E-state index in [1.165, 1.54) is 7.11 Å². The molecule has 2 rings (SSSR count). The highest BCUT2D eigenvalue weighted by molar-refractivity contribution is 9.11. The Hall–Kier alpha value is -0.960. The van der Waals surface area contributed by atoms with Crippen molar-refractivity contribution in [2.45, 2.75) is 0 Å². The molecule has 0 saturated carbocycles. The molecule has 0 aliphatic carbocycles. The molecule has 0 amide bonds. The van der Waals surface area contributed by atoms with Crippen LogP contribution < -0.4 is 4.84 Å². The van der Waals surface area contributed by atoms with Crippen molar-refractivity contribution in [3.63, 3.8) is 0 Å². The van der Waals surface area contributed by atoms with Crippen LogP contribution in [0.4, 0.5) is 0 Å². The Morgan fingerprint density at radius 3 is 2.39 bits per heavy atom. The van der Waals surface area contributed by atoms with Crippen molar-refractivity contribution in [1.29, 1.82) is 5.26 Å². The number of rotatable bonds is 2. The summed E-state index contributed by atoms with van der Waals surface area (Å²) in [4.78, 5) is 5.28. The molecule has 0 atom stereocenters. The molecule has 0 bridgehead atoms.